The van der Waals surface area contributed by atoms with Gasteiger partial charge in [-0.1, -0.05) is 26.0 Å². The van der Waals surface area contributed by atoms with E-state index >= 15 is 0 Å². The Labute approximate surface area is 152 Å². The molecule has 3 rings (SSSR count). The van der Waals surface area contributed by atoms with Gasteiger partial charge in [0.1, 0.15) is 11.5 Å². The molecule has 1 aliphatic heterocycles. The Hall–Kier alpha value is -2.82. The lowest BCUT2D eigenvalue weighted by Gasteiger charge is -2.34. The third kappa shape index (κ3) is 3.05. The molecule has 1 heterocycles. The largest absolute Gasteiger partial charge is 0.462 e. The molecule has 0 bridgehead atoms. The van der Waals surface area contributed by atoms with E-state index in [0.717, 1.165) is 11.1 Å². The number of carbonyl (C=O) groups excluding carboxylic acids is 2. The molecule has 1 aliphatic rings. The predicted molar refractivity (Wildman–Crippen MR) is 97.0 cm³/mol. The highest BCUT2D eigenvalue weighted by atomic mass is 16.5. The van der Waals surface area contributed by atoms with Gasteiger partial charge in [0.25, 0.3) is 0 Å². The maximum atomic E-state index is 12.0. The van der Waals surface area contributed by atoms with Crippen molar-refractivity contribution >= 4 is 11.9 Å². The van der Waals surface area contributed by atoms with Crippen LogP contribution in [0.4, 0.5) is 0 Å². The lowest BCUT2D eigenvalue weighted by molar-refractivity contribution is 0.0517. The first-order valence-electron chi connectivity index (χ1n) is 8.69. The first kappa shape index (κ1) is 18.0. The Morgan fingerprint density at radius 1 is 0.846 bits per heavy atom. The van der Waals surface area contributed by atoms with E-state index in [0.29, 0.717) is 35.8 Å². The minimum Gasteiger partial charge on any atom is -0.462 e. The Balaban J connectivity index is 2.03. The van der Waals surface area contributed by atoms with E-state index in [4.69, 9.17) is 14.2 Å². The highest BCUT2D eigenvalue weighted by Gasteiger charge is 2.35. The Morgan fingerprint density at radius 3 is 1.65 bits per heavy atom. The van der Waals surface area contributed by atoms with Crippen LogP contribution >= 0.6 is 0 Å². The van der Waals surface area contributed by atoms with Gasteiger partial charge in [-0.05, 0) is 38.1 Å². The quantitative estimate of drug-likeness (QED) is 0.758. The van der Waals surface area contributed by atoms with Crippen LogP contribution < -0.4 is 4.74 Å². The van der Waals surface area contributed by atoms with Gasteiger partial charge < -0.3 is 14.2 Å². The van der Waals surface area contributed by atoms with E-state index in [9.17, 15) is 9.59 Å². The van der Waals surface area contributed by atoms with Crippen LogP contribution in [0.5, 0.6) is 11.5 Å². The zero-order chi connectivity index (χ0) is 18.9. The van der Waals surface area contributed by atoms with Crippen molar-refractivity contribution in [2.45, 2.75) is 33.1 Å². The highest BCUT2D eigenvalue weighted by Crippen LogP contribution is 2.48. The van der Waals surface area contributed by atoms with Gasteiger partial charge in [0.05, 0.1) is 24.3 Å². The molecule has 26 heavy (non-hydrogen) atoms. The average Bonchev–Trinajstić information content (AvgIpc) is 2.61. The molecule has 0 N–H and O–H groups in total. The molecule has 136 valence electrons. The number of fused-ring (bicyclic) bond motifs is 2. The molecule has 0 aliphatic carbocycles. The van der Waals surface area contributed by atoms with Crippen LogP contribution in [-0.2, 0) is 14.9 Å². The second-order valence-electron chi connectivity index (χ2n) is 6.59. The summed E-state index contributed by atoms with van der Waals surface area (Å²) < 4.78 is 16.2. The number of carbonyl (C=O) groups is 2. The molecule has 0 unspecified atom stereocenters. The zero-order valence-electron chi connectivity index (χ0n) is 15.4. The van der Waals surface area contributed by atoms with Crippen molar-refractivity contribution in [2.75, 3.05) is 13.2 Å². The van der Waals surface area contributed by atoms with E-state index in [1.165, 1.54) is 0 Å². The van der Waals surface area contributed by atoms with Crippen molar-refractivity contribution < 1.29 is 23.8 Å². The Kier molecular flexibility index (Phi) is 4.72. The van der Waals surface area contributed by atoms with Crippen LogP contribution in [0, 0.1) is 0 Å². The fourth-order valence-electron chi connectivity index (χ4n) is 3.19. The standard InChI is InChI=1S/C21H22O5/c1-5-24-19(22)13-7-9-15-17(11-13)26-18-12-14(20(23)25-6-2)8-10-16(18)21(15,3)4/h7-12H,5-6H2,1-4H3. The average molecular weight is 354 g/mol. The highest BCUT2D eigenvalue weighted by molar-refractivity contribution is 5.91. The molecule has 2 aromatic rings. The molecule has 0 atom stereocenters. The molecule has 0 saturated carbocycles. The minimum atomic E-state index is -0.386. The molecule has 5 heteroatoms. The number of hydrogen-bond donors (Lipinski definition) is 0. The van der Waals surface area contributed by atoms with Gasteiger partial charge in [0.15, 0.2) is 0 Å². The van der Waals surface area contributed by atoms with Gasteiger partial charge in [-0.15, -0.1) is 0 Å². The molecule has 0 fully saturated rings. The SMILES string of the molecule is CCOC(=O)c1ccc2c(c1)Oc1cc(C(=O)OCC)ccc1C2(C)C. The monoisotopic (exact) mass is 354 g/mol. The fourth-order valence-corrected chi connectivity index (χ4v) is 3.19. The maximum absolute atomic E-state index is 12.0. The number of hydrogen-bond acceptors (Lipinski definition) is 5. The number of ether oxygens (including phenoxy) is 3. The molecule has 0 aromatic heterocycles. The first-order chi connectivity index (χ1) is 12.4. The third-order valence-corrected chi connectivity index (χ3v) is 4.55. The van der Waals surface area contributed by atoms with Gasteiger partial charge in [0, 0.05) is 16.5 Å². The molecular weight excluding hydrogens is 332 g/mol. The zero-order valence-corrected chi connectivity index (χ0v) is 15.4. The summed E-state index contributed by atoms with van der Waals surface area (Å²) >= 11 is 0. The molecule has 0 amide bonds. The summed E-state index contributed by atoms with van der Waals surface area (Å²) in [4.78, 5) is 24.0. The summed E-state index contributed by atoms with van der Waals surface area (Å²) in [6, 6.07) is 10.7. The Bertz CT molecular complexity index is 797. The van der Waals surface area contributed by atoms with Gasteiger partial charge in [-0.2, -0.15) is 0 Å². The second-order valence-corrected chi connectivity index (χ2v) is 6.59. The predicted octanol–water partition coefficient (Wildman–Crippen LogP) is 4.47. The summed E-state index contributed by atoms with van der Waals surface area (Å²) in [5, 5.41) is 0. The summed E-state index contributed by atoms with van der Waals surface area (Å²) in [5.74, 6) is 0.411. The topological polar surface area (TPSA) is 61.8 Å². The van der Waals surface area contributed by atoms with Crippen molar-refractivity contribution in [3.05, 3.63) is 58.7 Å². The van der Waals surface area contributed by atoms with Crippen molar-refractivity contribution in [2.24, 2.45) is 0 Å². The molecule has 0 radical (unpaired) electrons. The van der Waals surface area contributed by atoms with Crippen LogP contribution in [0.3, 0.4) is 0 Å². The van der Waals surface area contributed by atoms with Crippen LogP contribution in [0.2, 0.25) is 0 Å². The number of esters is 2. The summed E-state index contributed by atoms with van der Waals surface area (Å²) in [6.45, 7) is 8.33. The first-order valence-corrected chi connectivity index (χ1v) is 8.69. The van der Waals surface area contributed by atoms with E-state index in [-0.39, 0.29) is 17.4 Å². The van der Waals surface area contributed by atoms with Crippen molar-refractivity contribution in [1.29, 1.82) is 0 Å². The summed E-state index contributed by atoms with van der Waals surface area (Å²) in [7, 11) is 0. The molecular formula is C21H22O5. The second kappa shape index (κ2) is 6.83. The normalized spacial score (nSPS) is 13.8. The van der Waals surface area contributed by atoms with E-state index in [1.807, 2.05) is 12.1 Å². The van der Waals surface area contributed by atoms with Gasteiger partial charge >= 0.3 is 11.9 Å². The lowest BCUT2D eigenvalue weighted by Crippen LogP contribution is -2.25. The third-order valence-electron chi connectivity index (χ3n) is 4.55. The van der Waals surface area contributed by atoms with Gasteiger partial charge in [0.2, 0.25) is 0 Å². The van der Waals surface area contributed by atoms with Gasteiger partial charge in [-0.25, -0.2) is 9.59 Å². The smallest absolute Gasteiger partial charge is 0.338 e. The van der Waals surface area contributed by atoms with Crippen LogP contribution in [0.25, 0.3) is 0 Å². The molecule has 2 aromatic carbocycles. The van der Waals surface area contributed by atoms with Gasteiger partial charge in [-0.3, -0.25) is 0 Å². The van der Waals surface area contributed by atoms with Crippen molar-refractivity contribution in [3.8, 4) is 11.5 Å². The number of benzene rings is 2. The minimum absolute atomic E-state index is 0.313. The molecule has 0 saturated heterocycles. The molecule has 5 nitrogen and oxygen atoms in total. The van der Waals surface area contributed by atoms with Crippen LogP contribution in [-0.4, -0.2) is 25.2 Å². The summed E-state index contributed by atoms with van der Waals surface area (Å²) in [5.41, 5.74) is 2.49. The summed E-state index contributed by atoms with van der Waals surface area (Å²) in [6.07, 6.45) is 0. The Morgan fingerprint density at radius 2 is 1.27 bits per heavy atom. The lowest BCUT2D eigenvalue weighted by atomic mass is 9.75. The maximum Gasteiger partial charge on any atom is 0.338 e. The number of rotatable bonds is 4. The van der Waals surface area contributed by atoms with Crippen molar-refractivity contribution in [3.63, 3.8) is 0 Å². The van der Waals surface area contributed by atoms with E-state index in [1.54, 1.807) is 38.1 Å². The van der Waals surface area contributed by atoms with Crippen LogP contribution in [0.1, 0.15) is 59.5 Å². The van der Waals surface area contributed by atoms with Crippen molar-refractivity contribution in [1.82, 2.24) is 0 Å². The van der Waals surface area contributed by atoms with E-state index < -0.39 is 0 Å². The van der Waals surface area contributed by atoms with Crippen LogP contribution in [0.15, 0.2) is 36.4 Å². The van der Waals surface area contributed by atoms with E-state index in [2.05, 4.69) is 13.8 Å². The fraction of sp³-hybridized carbons (Fsp3) is 0.333. The molecule has 0 spiro atoms.